The molecule has 1 heterocycles. The Morgan fingerprint density at radius 3 is 2.43 bits per heavy atom. The van der Waals surface area contributed by atoms with Crippen LogP contribution in [0.2, 0.25) is 5.28 Å². The van der Waals surface area contributed by atoms with E-state index in [0.717, 1.165) is 11.3 Å². The predicted octanol–water partition coefficient (Wildman–Crippen LogP) is 3.40. The van der Waals surface area contributed by atoms with Crippen molar-refractivity contribution in [1.29, 1.82) is 0 Å². The summed E-state index contributed by atoms with van der Waals surface area (Å²) < 4.78 is 1.20. The second-order valence-corrected chi connectivity index (χ2v) is 4.30. The van der Waals surface area contributed by atoms with Gasteiger partial charge in [-0.3, -0.25) is 0 Å². The molecule has 0 unspecified atom stereocenters. The molecule has 2 nitrogen and oxygen atoms in total. The van der Waals surface area contributed by atoms with Crippen LogP contribution in [0, 0.1) is 3.57 Å². The van der Waals surface area contributed by atoms with Gasteiger partial charge in [0.2, 0.25) is 5.28 Å². The minimum Gasteiger partial charge on any atom is -0.226 e. The van der Waals surface area contributed by atoms with Gasteiger partial charge in [0.15, 0.2) is 0 Å². The Balaban J connectivity index is 2.44. The molecule has 0 saturated heterocycles. The summed E-state index contributed by atoms with van der Waals surface area (Å²) in [4.78, 5) is 7.96. The van der Waals surface area contributed by atoms with E-state index in [0.29, 0.717) is 0 Å². The summed E-state index contributed by atoms with van der Waals surface area (Å²) in [7, 11) is 0. The van der Waals surface area contributed by atoms with Gasteiger partial charge in [0, 0.05) is 15.3 Å². The quantitative estimate of drug-likeness (QED) is 0.595. The van der Waals surface area contributed by atoms with Crippen LogP contribution >= 0.6 is 34.2 Å². The molecule has 2 rings (SSSR count). The van der Waals surface area contributed by atoms with Gasteiger partial charge in [-0.1, -0.05) is 12.1 Å². The molecule has 4 heteroatoms. The van der Waals surface area contributed by atoms with Gasteiger partial charge >= 0.3 is 0 Å². The molecule has 0 saturated carbocycles. The van der Waals surface area contributed by atoms with Crippen LogP contribution in [0.3, 0.4) is 0 Å². The highest BCUT2D eigenvalue weighted by molar-refractivity contribution is 14.1. The van der Waals surface area contributed by atoms with Gasteiger partial charge in [0.1, 0.15) is 0 Å². The maximum atomic E-state index is 5.70. The molecule has 0 spiro atoms. The van der Waals surface area contributed by atoms with E-state index in [9.17, 15) is 0 Å². The lowest BCUT2D eigenvalue weighted by Crippen LogP contribution is -1.86. The van der Waals surface area contributed by atoms with Gasteiger partial charge in [0.05, 0.1) is 5.69 Å². The van der Waals surface area contributed by atoms with Gasteiger partial charge in [0.25, 0.3) is 0 Å². The first-order valence-electron chi connectivity index (χ1n) is 4.00. The zero-order chi connectivity index (χ0) is 9.97. The van der Waals surface area contributed by atoms with Gasteiger partial charge in [-0.15, -0.1) is 0 Å². The molecule has 1 aromatic heterocycles. The fourth-order valence-electron chi connectivity index (χ4n) is 1.12. The number of halogens is 2. The standard InChI is InChI=1S/C10H6ClIN2/c11-10-13-6-5-9(14-10)7-1-3-8(12)4-2-7/h1-6H. The van der Waals surface area contributed by atoms with E-state index in [1.54, 1.807) is 6.20 Å². The van der Waals surface area contributed by atoms with Crippen LogP contribution in [0.15, 0.2) is 36.5 Å². The molecule has 0 N–H and O–H groups in total. The first kappa shape index (κ1) is 9.86. The van der Waals surface area contributed by atoms with Gasteiger partial charge in [-0.25, -0.2) is 9.97 Å². The van der Waals surface area contributed by atoms with Crippen LogP contribution < -0.4 is 0 Å². The maximum absolute atomic E-state index is 5.70. The summed E-state index contributed by atoms with van der Waals surface area (Å²) >= 11 is 7.97. The number of nitrogens with zero attached hydrogens (tertiary/aromatic N) is 2. The van der Waals surface area contributed by atoms with Gasteiger partial charge in [-0.05, 0) is 52.4 Å². The Labute approximate surface area is 100 Å². The molecule has 1 aromatic carbocycles. The van der Waals surface area contributed by atoms with E-state index >= 15 is 0 Å². The van der Waals surface area contributed by atoms with Gasteiger partial charge in [-0.2, -0.15) is 0 Å². The number of aromatic nitrogens is 2. The van der Waals surface area contributed by atoms with Crippen molar-refractivity contribution in [2.75, 3.05) is 0 Å². The maximum Gasteiger partial charge on any atom is 0.222 e. The van der Waals surface area contributed by atoms with Crippen molar-refractivity contribution in [1.82, 2.24) is 9.97 Å². The molecule has 0 fully saturated rings. The fraction of sp³-hybridized carbons (Fsp3) is 0. The van der Waals surface area contributed by atoms with Gasteiger partial charge < -0.3 is 0 Å². The third-order valence-corrected chi connectivity index (χ3v) is 2.67. The molecule has 0 amide bonds. The smallest absolute Gasteiger partial charge is 0.222 e. The van der Waals surface area contributed by atoms with Crippen LogP contribution in [-0.2, 0) is 0 Å². The van der Waals surface area contributed by atoms with E-state index in [4.69, 9.17) is 11.6 Å². The Morgan fingerprint density at radius 2 is 1.79 bits per heavy atom. The molecule has 0 bridgehead atoms. The Hall–Kier alpha value is -0.680. The van der Waals surface area contributed by atoms with Crippen LogP contribution in [0.1, 0.15) is 0 Å². The minimum absolute atomic E-state index is 0.279. The number of hydrogen-bond donors (Lipinski definition) is 0. The second-order valence-electron chi connectivity index (χ2n) is 2.72. The fourth-order valence-corrected chi connectivity index (χ4v) is 1.62. The molecule has 14 heavy (non-hydrogen) atoms. The van der Waals surface area contributed by atoms with Crippen molar-refractivity contribution in [3.05, 3.63) is 45.4 Å². The molecule has 70 valence electrons. The molecular weight excluding hydrogens is 310 g/mol. The second kappa shape index (κ2) is 4.23. The SMILES string of the molecule is Clc1nccc(-c2ccc(I)cc2)n1. The average Bonchev–Trinajstić information content (AvgIpc) is 2.19. The first-order valence-corrected chi connectivity index (χ1v) is 5.46. The highest BCUT2D eigenvalue weighted by atomic mass is 127. The van der Waals surface area contributed by atoms with Crippen molar-refractivity contribution in [3.8, 4) is 11.3 Å². The third-order valence-electron chi connectivity index (χ3n) is 1.77. The summed E-state index contributed by atoms with van der Waals surface area (Å²) in [5, 5.41) is 0.279. The normalized spacial score (nSPS) is 10.1. The minimum atomic E-state index is 0.279. The summed E-state index contributed by atoms with van der Waals surface area (Å²) in [5.74, 6) is 0. The van der Waals surface area contributed by atoms with E-state index in [1.807, 2.05) is 30.3 Å². The van der Waals surface area contributed by atoms with Crippen molar-refractivity contribution in [2.45, 2.75) is 0 Å². The van der Waals surface area contributed by atoms with Crippen molar-refractivity contribution < 1.29 is 0 Å². The van der Waals surface area contributed by atoms with Crippen LogP contribution in [0.4, 0.5) is 0 Å². The number of rotatable bonds is 1. The van der Waals surface area contributed by atoms with E-state index in [2.05, 4.69) is 32.6 Å². The summed E-state index contributed by atoms with van der Waals surface area (Å²) in [5.41, 5.74) is 1.90. The zero-order valence-corrected chi connectivity index (χ0v) is 10.0. The summed E-state index contributed by atoms with van der Waals surface area (Å²) in [6, 6.07) is 9.94. The van der Waals surface area contributed by atoms with Crippen molar-refractivity contribution >= 4 is 34.2 Å². The lowest BCUT2D eigenvalue weighted by atomic mass is 10.1. The largest absolute Gasteiger partial charge is 0.226 e. The van der Waals surface area contributed by atoms with E-state index in [-0.39, 0.29) is 5.28 Å². The van der Waals surface area contributed by atoms with Crippen LogP contribution in [-0.4, -0.2) is 9.97 Å². The predicted molar refractivity (Wildman–Crippen MR) is 65.2 cm³/mol. The Kier molecular flexibility index (Phi) is 2.98. The molecular formula is C10H6ClIN2. The van der Waals surface area contributed by atoms with Crippen molar-refractivity contribution in [3.63, 3.8) is 0 Å². The molecule has 0 atom stereocenters. The number of hydrogen-bond acceptors (Lipinski definition) is 2. The average molecular weight is 317 g/mol. The molecule has 0 aliphatic rings. The van der Waals surface area contributed by atoms with Crippen molar-refractivity contribution in [2.24, 2.45) is 0 Å². The lowest BCUT2D eigenvalue weighted by molar-refractivity contribution is 1.17. The molecule has 0 aliphatic carbocycles. The summed E-state index contributed by atoms with van der Waals surface area (Å²) in [6.07, 6.45) is 1.66. The van der Waals surface area contributed by atoms with Crippen LogP contribution in [0.5, 0.6) is 0 Å². The van der Waals surface area contributed by atoms with Crippen LogP contribution in [0.25, 0.3) is 11.3 Å². The molecule has 0 aliphatic heterocycles. The number of benzene rings is 1. The van der Waals surface area contributed by atoms with E-state index in [1.165, 1.54) is 3.57 Å². The Morgan fingerprint density at radius 1 is 1.07 bits per heavy atom. The monoisotopic (exact) mass is 316 g/mol. The third kappa shape index (κ3) is 2.22. The first-order chi connectivity index (χ1) is 6.75. The highest BCUT2D eigenvalue weighted by Crippen LogP contribution is 2.18. The highest BCUT2D eigenvalue weighted by Gasteiger charge is 1.99. The summed E-state index contributed by atoms with van der Waals surface area (Å²) in [6.45, 7) is 0. The molecule has 2 aromatic rings. The lowest BCUT2D eigenvalue weighted by Gasteiger charge is -2.00. The molecule has 0 radical (unpaired) electrons. The topological polar surface area (TPSA) is 25.8 Å². The van der Waals surface area contributed by atoms with E-state index < -0.39 is 0 Å². The zero-order valence-electron chi connectivity index (χ0n) is 7.11. The Bertz CT molecular complexity index is 442.